The van der Waals surface area contributed by atoms with E-state index in [0.717, 1.165) is 5.56 Å². The van der Waals surface area contributed by atoms with Crippen LogP contribution in [0, 0.1) is 5.82 Å². The van der Waals surface area contributed by atoms with E-state index in [2.05, 4.69) is 34.3 Å². The van der Waals surface area contributed by atoms with Gasteiger partial charge in [-0.2, -0.15) is 4.98 Å². The molecule has 0 aliphatic heterocycles. The molecule has 0 atom stereocenters. The molecule has 2 aromatic heterocycles. The number of nitrogens with zero attached hydrogens (tertiary/aromatic N) is 3. The van der Waals surface area contributed by atoms with Gasteiger partial charge in [0.2, 0.25) is 17.6 Å². The van der Waals surface area contributed by atoms with Crippen molar-refractivity contribution in [2.45, 2.75) is 39.2 Å². The zero-order valence-electron chi connectivity index (χ0n) is 19.0. The molecule has 34 heavy (non-hydrogen) atoms. The molecule has 0 saturated heterocycles. The molecule has 7 nitrogen and oxygen atoms in total. The molecule has 174 valence electrons. The molecule has 4 aromatic rings. The van der Waals surface area contributed by atoms with Crippen LogP contribution < -0.4 is 10.1 Å². The average Bonchev–Trinajstić information content (AvgIpc) is 3.33. The summed E-state index contributed by atoms with van der Waals surface area (Å²) in [6, 6.07) is 16.0. The highest BCUT2D eigenvalue weighted by Gasteiger charge is 2.12. The van der Waals surface area contributed by atoms with E-state index in [-0.39, 0.29) is 24.6 Å². The minimum Gasteiger partial charge on any atom is -0.453 e. The number of carbonyl (C=O) groups excluding carboxylic acids is 1. The predicted octanol–water partition coefficient (Wildman–Crippen LogP) is 5.44. The lowest BCUT2D eigenvalue weighted by Gasteiger charge is -2.09. The zero-order chi connectivity index (χ0) is 23.9. The number of hydrogen-bond acceptors (Lipinski definition) is 6. The Labute approximate surface area is 197 Å². The van der Waals surface area contributed by atoms with Crippen molar-refractivity contribution in [1.29, 1.82) is 0 Å². The smallest absolute Gasteiger partial charge is 0.227 e. The molecule has 0 aliphatic carbocycles. The highest BCUT2D eigenvalue weighted by molar-refractivity contribution is 5.76. The summed E-state index contributed by atoms with van der Waals surface area (Å²) in [4.78, 5) is 20.5. The Morgan fingerprint density at radius 1 is 1.15 bits per heavy atom. The van der Waals surface area contributed by atoms with Gasteiger partial charge in [-0.1, -0.05) is 49.3 Å². The largest absolute Gasteiger partial charge is 0.453 e. The molecule has 1 amide bonds. The molecule has 0 spiro atoms. The highest BCUT2D eigenvalue weighted by Crippen LogP contribution is 2.24. The molecule has 0 bridgehead atoms. The minimum atomic E-state index is -0.518. The normalized spacial score (nSPS) is 10.9. The van der Waals surface area contributed by atoms with Gasteiger partial charge in [-0.25, -0.2) is 4.39 Å². The summed E-state index contributed by atoms with van der Waals surface area (Å²) < 4.78 is 25.1. The second-order valence-electron chi connectivity index (χ2n) is 8.12. The number of nitrogens with one attached hydrogen (secondary N) is 1. The van der Waals surface area contributed by atoms with Gasteiger partial charge in [0.15, 0.2) is 11.6 Å². The summed E-state index contributed by atoms with van der Waals surface area (Å²) in [5, 5.41) is 6.78. The lowest BCUT2D eigenvalue weighted by Crippen LogP contribution is -2.23. The number of benzene rings is 2. The maximum atomic E-state index is 14.3. The van der Waals surface area contributed by atoms with E-state index < -0.39 is 5.82 Å². The number of hydrogen-bond donors (Lipinski definition) is 1. The quantitative estimate of drug-likeness (QED) is 0.358. The number of rotatable bonds is 9. The van der Waals surface area contributed by atoms with E-state index in [1.807, 2.05) is 24.3 Å². The van der Waals surface area contributed by atoms with Gasteiger partial charge >= 0.3 is 0 Å². The lowest BCUT2D eigenvalue weighted by molar-refractivity contribution is -0.121. The van der Waals surface area contributed by atoms with Crippen LogP contribution in [0.5, 0.6) is 11.5 Å². The van der Waals surface area contributed by atoms with Crippen molar-refractivity contribution in [3.05, 3.63) is 89.8 Å². The maximum Gasteiger partial charge on any atom is 0.227 e. The van der Waals surface area contributed by atoms with Crippen LogP contribution >= 0.6 is 0 Å². The maximum absolute atomic E-state index is 14.3. The number of aromatic nitrogens is 3. The Morgan fingerprint density at radius 3 is 2.68 bits per heavy atom. The number of carbonyl (C=O) groups is 1. The van der Waals surface area contributed by atoms with E-state index in [0.29, 0.717) is 35.4 Å². The van der Waals surface area contributed by atoms with Gasteiger partial charge in [0, 0.05) is 31.1 Å². The first-order valence-corrected chi connectivity index (χ1v) is 11.0. The topological polar surface area (TPSA) is 90.1 Å². The standard InChI is InChI=1S/C26H25FN4O3/c1-17(2)19-6-8-20(9-7-19)26-30-25(34-31-26)12-11-24(32)29-15-18-5-10-23(22(27)14-18)33-21-4-3-13-28-16-21/h3-10,13-14,16-17H,11-12,15H2,1-2H3,(H,29,32). The van der Waals surface area contributed by atoms with Crippen LogP contribution in [-0.2, 0) is 17.8 Å². The molecule has 0 radical (unpaired) electrons. The molecule has 0 unspecified atom stereocenters. The van der Waals surface area contributed by atoms with Crippen molar-refractivity contribution in [2.75, 3.05) is 0 Å². The monoisotopic (exact) mass is 460 g/mol. The summed E-state index contributed by atoms with van der Waals surface area (Å²) in [5.74, 6) is 1.15. The van der Waals surface area contributed by atoms with Crippen LogP contribution in [0.4, 0.5) is 4.39 Å². The third-order valence-electron chi connectivity index (χ3n) is 5.22. The Balaban J connectivity index is 1.26. The van der Waals surface area contributed by atoms with Crippen LogP contribution in [0.1, 0.15) is 43.2 Å². The second-order valence-corrected chi connectivity index (χ2v) is 8.12. The highest BCUT2D eigenvalue weighted by atomic mass is 19.1. The zero-order valence-corrected chi connectivity index (χ0v) is 19.0. The van der Waals surface area contributed by atoms with E-state index >= 15 is 0 Å². The van der Waals surface area contributed by atoms with Gasteiger partial charge in [-0.3, -0.25) is 9.78 Å². The van der Waals surface area contributed by atoms with Crippen molar-refractivity contribution in [2.24, 2.45) is 0 Å². The van der Waals surface area contributed by atoms with Crippen LogP contribution in [0.15, 0.2) is 71.5 Å². The lowest BCUT2D eigenvalue weighted by atomic mass is 10.0. The Bertz CT molecular complexity index is 1240. The van der Waals surface area contributed by atoms with Crippen molar-refractivity contribution >= 4 is 5.91 Å². The fraction of sp³-hybridized carbons (Fsp3) is 0.231. The summed E-state index contributed by atoms with van der Waals surface area (Å²) >= 11 is 0. The molecular weight excluding hydrogens is 435 g/mol. The first-order chi connectivity index (χ1) is 16.5. The second kappa shape index (κ2) is 10.7. The third-order valence-corrected chi connectivity index (χ3v) is 5.22. The Morgan fingerprint density at radius 2 is 1.97 bits per heavy atom. The molecule has 0 fully saturated rings. The third kappa shape index (κ3) is 6.04. The van der Waals surface area contributed by atoms with E-state index in [1.54, 1.807) is 24.4 Å². The molecule has 0 aliphatic rings. The summed E-state index contributed by atoms with van der Waals surface area (Å²) in [5.41, 5.74) is 2.72. The van der Waals surface area contributed by atoms with E-state index in [9.17, 15) is 9.18 Å². The van der Waals surface area contributed by atoms with Crippen molar-refractivity contribution < 1.29 is 18.4 Å². The van der Waals surface area contributed by atoms with Gasteiger partial charge in [-0.15, -0.1) is 0 Å². The Hall–Kier alpha value is -4.07. The van der Waals surface area contributed by atoms with Gasteiger partial charge < -0.3 is 14.6 Å². The fourth-order valence-corrected chi connectivity index (χ4v) is 3.27. The first-order valence-electron chi connectivity index (χ1n) is 11.0. The molecule has 0 saturated carbocycles. The van der Waals surface area contributed by atoms with Crippen LogP contribution in [-0.4, -0.2) is 21.0 Å². The first kappa shape index (κ1) is 23.1. The van der Waals surface area contributed by atoms with Crippen molar-refractivity contribution in [3.63, 3.8) is 0 Å². The predicted molar refractivity (Wildman–Crippen MR) is 125 cm³/mol. The average molecular weight is 461 g/mol. The number of aryl methyl sites for hydroxylation is 1. The van der Waals surface area contributed by atoms with Gasteiger partial charge in [0.05, 0.1) is 6.20 Å². The number of halogens is 1. The van der Waals surface area contributed by atoms with Crippen LogP contribution in [0.25, 0.3) is 11.4 Å². The molecule has 1 N–H and O–H groups in total. The van der Waals surface area contributed by atoms with Gasteiger partial charge in [0.25, 0.3) is 0 Å². The van der Waals surface area contributed by atoms with E-state index in [4.69, 9.17) is 9.26 Å². The molecule has 2 heterocycles. The molecule has 4 rings (SSSR count). The van der Waals surface area contributed by atoms with Crippen molar-refractivity contribution in [1.82, 2.24) is 20.4 Å². The van der Waals surface area contributed by atoms with E-state index in [1.165, 1.54) is 23.9 Å². The number of amides is 1. The minimum absolute atomic E-state index is 0.0918. The summed E-state index contributed by atoms with van der Waals surface area (Å²) in [7, 11) is 0. The summed E-state index contributed by atoms with van der Waals surface area (Å²) in [6.07, 6.45) is 3.61. The van der Waals surface area contributed by atoms with Crippen molar-refractivity contribution in [3.8, 4) is 22.9 Å². The Kier molecular flexibility index (Phi) is 7.27. The fourth-order valence-electron chi connectivity index (χ4n) is 3.27. The number of ether oxygens (including phenoxy) is 1. The number of pyridine rings is 1. The molecule has 2 aromatic carbocycles. The molecular formula is C26H25FN4O3. The summed E-state index contributed by atoms with van der Waals surface area (Å²) in [6.45, 7) is 4.47. The van der Waals surface area contributed by atoms with Crippen LogP contribution in [0.3, 0.4) is 0 Å². The SMILES string of the molecule is CC(C)c1ccc(-c2noc(CCC(=O)NCc3ccc(Oc4cccnc4)c(F)c3)n2)cc1. The van der Waals surface area contributed by atoms with Gasteiger partial charge in [0.1, 0.15) is 5.75 Å². The van der Waals surface area contributed by atoms with Gasteiger partial charge in [-0.05, 0) is 41.3 Å². The van der Waals surface area contributed by atoms with Crippen LogP contribution in [0.2, 0.25) is 0 Å². The molecule has 8 heteroatoms.